The number of aryl methyl sites for hydroxylation is 2. The van der Waals surface area contributed by atoms with E-state index >= 15 is 0 Å². The number of benzene rings is 2. The number of hydrogen-bond donors (Lipinski definition) is 3. The van der Waals surface area contributed by atoms with E-state index in [1.165, 1.54) is 0 Å². The first-order valence-corrected chi connectivity index (χ1v) is 10.9. The molecular formula is C21H25N5O3S. The average Bonchev–Trinajstić information content (AvgIpc) is 2.71. The molecule has 1 aromatic heterocycles. The summed E-state index contributed by atoms with van der Waals surface area (Å²) in [5, 5.41) is 6.28. The maximum atomic E-state index is 12.4. The highest BCUT2D eigenvalue weighted by molar-refractivity contribution is 7.89. The molecule has 0 bridgehead atoms. The van der Waals surface area contributed by atoms with Crippen LogP contribution in [-0.2, 0) is 10.0 Å². The van der Waals surface area contributed by atoms with Crippen molar-refractivity contribution in [2.45, 2.75) is 18.7 Å². The van der Waals surface area contributed by atoms with E-state index in [1.807, 2.05) is 50.2 Å². The van der Waals surface area contributed by atoms with Gasteiger partial charge in [0.1, 0.15) is 11.6 Å². The Morgan fingerprint density at radius 1 is 0.967 bits per heavy atom. The highest BCUT2D eigenvalue weighted by Gasteiger charge is 2.13. The third-order valence-electron chi connectivity index (χ3n) is 4.22. The molecular weight excluding hydrogens is 402 g/mol. The second-order valence-electron chi connectivity index (χ2n) is 6.71. The average molecular weight is 428 g/mol. The van der Waals surface area contributed by atoms with Gasteiger partial charge in [-0.15, -0.1) is 0 Å². The van der Waals surface area contributed by atoms with Crippen molar-refractivity contribution < 1.29 is 13.2 Å². The van der Waals surface area contributed by atoms with E-state index in [0.29, 0.717) is 18.3 Å². The van der Waals surface area contributed by atoms with Gasteiger partial charge in [-0.3, -0.25) is 0 Å². The summed E-state index contributed by atoms with van der Waals surface area (Å²) >= 11 is 0. The molecule has 0 aliphatic rings. The van der Waals surface area contributed by atoms with Crippen LogP contribution < -0.4 is 20.1 Å². The van der Waals surface area contributed by atoms with E-state index in [1.54, 1.807) is 25.3 Å². The maximum absolute atomic E-state index is 12.4. The molecule has 0 saturated heterocycles. The molecule has 3 rings (SSSR count). The van der Waals surface area contributed by atoms with E-state index in [2.05, 4.69) is 25.3 Å². The van der Waals surface area contributed by atoms with Crippen molar-refractivity contribution in [1.29, 1.82) is 0 Å². The molecule has 30 heavy (non-hydrogen) atoms. The number of aromatic nitrogens is 2. The van der Waals surface area contributed by atoms with Crippen molar-refractivity contribution in [2.24, 2.45) is 0 Å². The third-order valence-corrected chi connectivity index (χ3v) is 5.68. The summed E-state index contributed by atoms with van der Waals surface area (Å²) in [6.45, 7) is 4.27. The summed E-state index contributed by atoms with van der Waals surface area (Å²) in [5.41, 5.74) is 2.54. The third kappa shape index (κ3) is 5.91. The topological polar surface area (TPSA) is 105 Å². The Morgan fingerprint density at radius 2 is 1.73 bits per heavy atom. The number of rotatable bonds is 9. The van der Waals surface area contributed by atoms with Crippen LogP contribution in [0.5, 0.6) is 5.75 Å². The Morgan fingerprint density at radius 3 is 2.43 bits per heavy atom. The van der Waals surface area contributed by atoms with Gasteiger partial charge in [0.05, 0.1) is 12.0 Å². The second-order valence-corrected chi connectivity index (χ2v) is 8.48. The Labute approximate surface area is 176 Å². The zero-order valence-corrected chi connectivity index (χ0v) is 18.0. The van der Waals surface area contributed by atoms with Crippen molar-refractivity contribution in [1.82, 2.24) is 14.7 Å². The molecule has 0 aliphatic carbocycles. The fraction of sp³-hybridized carbons (Fsp3) is 0.238. The van der Waals surface area contributed by atoms with Crippen LogP contribution in [0.4, 0.5) is 17.5 Å². The Balaban J connectivity index is 1.57. The fourth-order valence-corrected chi connectivity index (χ4v) is 3.90. The number of methoxy groups -OCH3 is 1. The first-order chi connectivity index (χ1) is 14.4. The maximum Gasteiger partial charge on any atom is 0.240 e. The van der Waals surface area contributed by atoms with Gasteiger partial charge in [-0.1, -0.05) is 12.1 Å². The second kappa shape index (κ2) is 9.55. The minimum Gasteiger partial charge on any atom is -0.497 e. The molecule has 0 spiro atoms. The van der Waals surface area contributed by atoms with E-state index in [0.717, 1.165) is 22.7 Å². The van der Waals surface area contributed by atoms with Gasteiger partial charge in [-0.05, 0) is 55.8 Å². The largest absolute Gasteiger partial charge is 0.497 e. The quantitative estimate of drug-likeness (QED) is 0.450. The molecule has 0 atom stereocenters. The first-order valence-electron chi connectivity index (χ1n) is 9.43. The first kappa shape index (κ1) is 21.5. The number of hydrogen-bond acceptors (Lipinski definition) is 7. The molecule has 0 fully saturated rings. The monoisotopic (exact) mass is 427 g/mol. The van der Waals surface area contributed by atoms with Gasteiger partial charge in [0.25, 0.3) is 0 Å². The smallest absolute Gasteiger partial charge is 0.240 e. The van der Waals surface area contributed by atoms with Crippen molar-refractivity contribution in [3.63, 3.8) is 0 Å². The number of sulfonamides is 1. The van der Waals surface area contributed by atoms with Crippen LogP contribution in [0.25, 0.3) is 0 Å². The molecule has 158 valence electrons. The van der Waals surface area contributed by atoms with Gasteiger partial charge in [0, 0.05) is 30.5 Å². The molecule has 2 aromatic carbocycles. The lowest BCUT2D eigenvalue weighted by molar-refractivity contribution is 0.415. The molecule has 8 nitrogen and oxygen atoms in total. The molecule has 1 heterocycles. The molecule has 0 amide bonds. The zero-order chi connectivity index (χ0) is 21.6. The van der Waals surface area contributed by atoms with E-state index in [9.17, 15) is 8.42 Å². The van der Waals surface area contributed by atoms with Crippen LogP contribution in [-0.4, -0.2) is 38.6 Å². The zero-order valence-electron chi connectivity index (χ0n) is 17.1. The number of anilines is 3. The number of ether oxygens (including phenoxy) is 1. The van der Waals surface area contributed by atoms with E-state index < -0.39 is 10.0 Å². The summed E-state index contributed by atoms with van der Waals surface area (Å²) in [5.74, 6) is 1.83. The van der Waals surface area contributed by atoms with Crippen LogP contribution in [0.1, 0.15) is 11.3 Å². The van der Waals surface area contributed by atoms with Crippen LogP contribution >= 0.6 is 0 Å². The van der Waals surface area contributed by atoms with E-state index in [4.69, 9.17) is 4.74 Å². The highest BCUT2D eigenvalue weighted by Crippen LogP contribution is 2.20. The van der Waals surface area contributed by atoms with E-state index in [-0.39, 0.29) is 11.4 Å². The number of nitrogens with zero attached hydrogens (tertiary/aromatic N) is 2. The summed E-state index contributed by atoms with van der Waals surface area (Å²) in [4.78, 5) is 9.03. The minimum atomic E-state index is -3.55. The highest BCUT2D eigenvalue weighted by atomic mass is 32.2. The standard InChI is InChI=1S/C21H25N5O3S/c1-15-5-4-6-19(13-15)30(27,28)23-12-11-22-21-24-16(2)14-20(26-21)25-17-7-9-18(29-3)10-8-17/h4-10,13-14,23H,11-12H2,1-3H3,(H2,22,24,25,26). The molecule has 0 radical (unpaired) electrons. The molecule has 3 N–H and O–H groups in total. The van der Waals surface area contributed by atoms with Gasteiger partial charge in [0.15, 0.2) is 0 Å². The summed E-state index contributed by atoms with van der Waals surface area (Å²) in [6.07, 6.45) is 0. The molecule has 0 aliphatic heterocycles. The van der Waals surface area contributed by atoms with Crippen LogP contribution in [0.2, 0.25) is 0 Å². The molecule has 0 unspecified atom stereocenters. The van der Waals surface area contributed by atoms with Gasteiger partial charge < -0.3 is 15.4 Å². The Kier molecular flexibility index (Phi) is 6.86. The van der Waals surface area contributed by atoms with Crippen LogP contribution in [0.15, 0.2) is 59.5 Å². The van der Waals surface area contributed by atoms with Crippen molar-refractivity contribution in [3.05, 3.63) is 65.9 Å². The minimum absolute atomic E-state index is 0.203. The molecule has 3 aromatic rings. The van der Waals surface area contributed by atoms with Crippen LogP contribution in [0.3, 0.4) is 0 Å². The van der Waals surface area contributed by atoms with Gasteiger partial charge in [0.2, 0.25) is 16.0 Å². The predicted molar refractivity (Wildman–Crippen MR) is 118 cm³/mol. The SMILES string of the molecule is COc1ccc(Nc2cc(C)nc(NCCNS(=O)(=O)c3cccc(C)c3)n2)cc1. The van der Waals surface area contributed by atoms with Crippen LogP contribution in [0, 0.1) is 13.8 Å². The predicted octanol–water partition coefficient (Wildman–Crippen LogP) is 3.24. The fourth-order valence-electron chi connectivity index (χ4n) is 2.76. The van der Waals surface area contributed by atoms with Crippen molar-refractivity contribution >= 4 is 27.5 Å². The molecule has 9 heteroatoms. The lowest BCUT2D eigenvalue weighted by atomic mass is 10.2. The van der Waals surface area contributed by atoms with Gasteiger partial charge in [-0.25, -0.2) is 18.1 Å². The number of nitrogens with one attached hydrogen (secondary N) is 3. The lowest BCUT2D eigenvalue weighted by Crippen LogP contribution is -2.29. The summed E-state index contributed by atoms with van der Waals surface area (Å²) in [7, 11) is -1.93. The molecule has 0 saturated carbocycles. The van der Waals surface area contributed by atoms with Gasteiger partial charge in [-0.2, -0.15) is 4.98 Å². The summed E-state index contributed by atoms with van der Waals surface area (Å²) in [6, 6.07) is 16.1. The lowest BCUT2D eigenvalue weighted by Gasteiger charge is -2.11. The Bertz CT molecular complexity index is 1100. The van der Waals surface area contributed by atoms with Gasteiger partial charge >= 0.3 is 0 Å². The normalized spacial score (nSPS) is 11.2. The summed E-state index contributed by atoms with van der Waals surface area (Å²) < 4.78 is 32.5. The van der Waals surface area contributed by atoms with Crippen molar-refractivity contribution in [3.8, 4) is 5.75 Å². The Hall–Kier alpha value is -3.17. The van der Waals surface area contributed by atoms with Crippen molar-refractivity contribution in [2.75, 3.05) is 30.8 Å².